The molecule has 0 bridgehead atoms. The Morgan fingerprint density at radius 3 is 2.34 bits per heavy atom. The van der Waals surface area contributed by atoms with Gasteiger partial charge >= 0.3 is 0 Å². The Balaban J connectivity index is 2.10. The molecule has 0 spiro atoms. The quantitative estimate of drug-likeness (QED) is 0.241. The van der Waals surface area contributed by atoms with Crippen molar-refractivity contribution in [3.8, 4) is 5.75 Å². The molecule has 0 heterocycles. The fraction of sp³-hybridized carbons (Fsp3) is 0.286. The lowest BCUT2D eigenvalue weighted by Crippen LogP contribution is -2.51. The van der Waals surface area contributed by atoms with Gasteiger partial charge in [0.05, 0.1) is 22.6 Å². The number of nitrogens with one attached hydrogen (secondary N) is 1. The summed E-state index contributed by atoms with van der Waals surface area (Å²) in [5.41, 5.74) is 0.581. The number of carbonyl (C=O) groups excluding carboxylic acids is 2. The van der Waals surface area contributed by atoms with Gasteiger partial charge in [0.1, 0.15) is 18.3 Å². The smallest absolute Gasteiger partial charge is 0.273 e. The minimum absolute atomic E-state index is 0.0662. The zero-order valence-corrected chi connectivity index (χ0v) is 24.6. The number of aryl methyl sites for hydroxylation is 1. The molecule has 0 fully saturated rings. The molecule has 0 saturated heterocycles. The van der Waals surface area contributed by atoms with E-state index in [1.54, 1.807) is 31.2 Å². The third-order valence-electron chi connectivity index (χ3n) is 6.42. The molecule has 0 unspecified atom stereocenters. The molecule has 218 valence electrons. The van der Waals surface area contributed by atoms with Crippen LogP contribution in [0.1, 0.15) is 25.0 Å². The highest BCUT2D eigenvalue weighted by Gasteiger charge is 2.33. The van der Waals surface area contributed by atoms with Crippen molar-refractivity contribution in [2.75, 3.05) is 24.5 Å². The number of hydrogen-bond donors (Lipinski definition) is 1. The first-order valence-corrected chi connectivity index (χ1v) is 14.4. The number of methoxy groups -OCH3 is 1. The van der Waals surface area contributed by atoms with Crippen LogP contribution in [0.2, 0.25) is 5.02 Å². The van der Waals surface area contributed by atoms with Crippen LogP contribution in [0, 0.1) is 17.0 Å². The summed E-state index contributed by atoms with van der Waals surface area (Å²) in [5, 5.41) is 14.6. The van der Waals surface area contributed by atoms with Gasteiger partial charge < -0.3 is 15.0 Å². The van der Waals surface area contributed by atoms with Gasteiger partial charge in [0, 0.05) is 29.7 Å². The van der Waals surface area contributed by atoms with E-state index in [1.165, 1.54) is 62.3 Å². The molecule has 0 aliphatic rings. The Bertz CT molecular complexity index is 1530. The summed E-state index contributed by atoms with van der Waals surface area (Å²) >= 11 is 6.34. The van der Waals surface area contributed by atoms with Gasteiger partial charge in [-0.05, 0) is 62.7 Å². The zero-order valence-electron chi connectivity index (χ0n) is 23.0. The maximum Gasteiger partial charge on any atom is 0.273 e. The fourth-order valence-electron chi connectivity index (χ4n) is 4.07. The number of halogens is 1. The Morgan fingerprint density at radius 2 is 1.76 bits per heavy atom. The number of rotatable bonds is 12. The Hall–Kier alpha value is -4.16. The molecule has 0 aliphatic carbocycles. The number of nitrogens with zero attached hydrogens (tertiary/aromatic N) is 3. The number of amides is 2. The molecule has 11 nitrogen and oxygen atoms in total. The third-order valence-corrected chi connectivity index (χ3v) is 8.56. The van der Waals surface area contributed by atoms with Crippen molar-refractivity contribution in [3.05, 3.63) is 93.0 Å². The van der Waals surface area contributed by atoms with Gasteiger partial charge in [-0.3, -0.25) is 24.0 Å². The number of nitro benzene ring substituents is 1. The summed E-state index contributed by atoms with van der Waals surface area (Å²) in [6.45, 7) is 4.33. The molecule has 41 heavy (non-hydrogen) atoms. The average Bonchev–Trinajstić information content (AvgIpc) is 2.95. The predicted molar refractivity (Wildman–Crippen MR) is 156 cm³/mol. The van der Waals surface area contributed by atoms with Crippen molar-refractivity contribution in [2.45, 2.75) is 38.3 Å². The molecule has 13 heteroatoms. The van der Waals surface area contributed by atoms with Gasteiger partial charge in [0.2, 0.25) is 11.8 Å². The molecule has 3 rings (SSSR count). The van der Waals surface area contributed by atoms with E-state index in [9.17, 15) is 28.1 Å². The number of benzene rings is 3. The molecule has 2 amide bonds. The molecular weight excluding hydrogens is 572 g/mol. The van der Waals surface area contributed by atoms with E-state index in [4.69, 9.17) is 16.3 Å². The Kier molecular flexibility index (Phi) is 10.3. The van der Waals surface area contributed by atoms with Crippen LogP contribution in [0.3, 0.4) is 0 Å². The standard InChI is InChI=1S/C28H31ClN4O7S/c1-5-30-28(35)20(3)31(17-21-8-6-7-9-25(21)29)27(34)18-32(22-11-13-23(40-4)14-12-22)41(38,39)24-15-10-19(2)26(16-24)33(36)37/h6-16,20H,5,17-18H2,1-4H3,(H,30,35)/t20-/m0/s1. The van der Waals surface area contributed by atoms with Gasteiger partial charge in [-0.15, -0.1) is 0 Å². The second-order valence-corrected chi connectivity index (χ2v) is 11.4. The van der Waals surface area contributed by atoms with Crippen molar-refractivity contribution >= 4 is 44.8 Å². The van der Waals surface area contributed by atoms with E-state index in [0.717, 1.165) is 10.4 Å². The van der Waals surface area contributed by atoms with Crippen LogP contribution in [0.25, 0.3) is 0 Å². The van der Waals surface area contributed by atoms with E-state index in [0.29, 0.717) is 22.9 Å². The van der Waals surface area contributed by atoms with Gasteiger partial charge in [0.15, 0.2) is 0 Å². The second-order valence-electron chi connectivity index (χ2n) is 9.10. The number of ether oxygens (including phenoxy) is 1. The minimum Gasteiger partial charge on any atom is -0.497 e. The van der Waals surface area contributed by atoms with Gasteiger partial charge in [-0.2, -0.15) is 0 Å². The van der Waals surface area contributed by atoms with Crippen LogP contribution >= 0.6 is 11.6 Å². The Labute approximate surface area is 243 Å². The third kappa shape index (κ3) is 7.33. The molecule has 1 N–H and O–H groups in total. The summed E-state index contributed by atoms with van der Waals surface area (Å²) < 4.78 is 33.9. The molecule has 3 aromatic carbocycles. The van der Waals surface area contributed by atoms with Crippen LogP contribution in [0.15, 0.2) is 71.6 Å². The lowest BCUT2D eigenvalue weighted by Gasteiger charge is -2.32. The van der Waals surface area contributed by atoms with E-state index in [2.05, 4.69) is 5.32 Å². The van der Waals surface area contributed by atoms with Crippen LogP contribution in [0.4, 0.5) is 11.4 Å². The normalized spacial score (nSPS) is 11.8. The number of nitro groups is 1. The molecule has 0 aliphatic heterocycles. The number of hydrogen-bond acceptors (Lipinski definition) is 7. The van der Waals surface area contributed by atoms with Gasteiger partial charge in [-0.1, -0.05) is 35.9 Å². The van der Waals surface area contributed by atoms with Gasteiger partial charge in [0.25, 0.3) is 15.7 Å². The van der Waals surface area contributed by atoms with Gasteiger partial charge in [-0.25, -0.2) is 8.42 Å². The number of anilines is 1. The summed E-state index contributed by atoms with van der Waals surface area (Å²) in [4.78, 5) is 38.4. The highest BCUT2D eigenvalue weighted by atomic mass is 35.5. The molecule has 1 atom stereocenters. The van der Waals surface area contributed by atoms with Crippen LogP contribution in [-0.4, -0.2) is 56.3 Å². The first kappa shape index (κ1) is 31.4. The highest BCUT2D eigenvalue weighted by Crippen LogP contribution is 2.29. The van der Waals surface area contributed by atoms with Crippen molar-refractivity contribution in [3.63, 3.8) is 0 Å². The summed E-state index contributed by atoms with van der Waals surface area (Å²) in [5.74, 6) is -0.667. The molecule has 0 aromatic heterocycles. The van der Waals surface area contributed by atoms with E-state index >= 15 is 0 Å². The lowest BCUT2D eigenvalue weighted by atomic mass is 10.1. The van der Waals surface area contributed by atoms with Crippen LogP contribution in [-0.2, 0) is 26.2 Å². The summed E-state index contributed by atoms with van der Waals surface area (Å²) in [6, 6.07) is 15.4. The monoisotopic (exact) mass is 602 g/mol. The van der Waals surface area contributed by atoms with Crippen molar-refractivity contribution < 1.29 is 27.7 Å². The fourth-order valence-corrected chi connectivity index (χ4v) is 5.70. The topological polar surface area (TPSA) is 139 Å². The lowest BCUT2D eigenvalue weighted by molar-refractivity contribution is -0.385. The molecule has 0 radical (unpaired) electrons. The molecular formula is C28H31ClN4O7S. The second kappa shape index (κ2) is 13.5. The zero-order chi connectivity index (χ0) is 30.3. The molecule has 3 aromatic rings. The number of likely N-dealkylation sites (N-methyl/N-ethyl adjacent to an activating group) is 1. The highest BCUT2D eigenvalue weighted by molar-refractivity contribution is 7.92. The first-order valence-electron chi connectivity index (χ1n) is 12.6. The summed E-state index contributed by atoms with van der Waals surface area (Å²) in [7, 11) is -3.05. The SMILES string of the molecule is CCNC(=O)[C@H](C)N(Cc1ccccc1Cl)C(=O)CN(c1ccc(OC)cc1)S(=O)(=O)c1ccc(C)c([N+](=O)[O-])c1. The number of sulfonamides is 1. The van der Waals surface area contributed by atoms with Crippen molar-refractivity contribution in [1.82, 2.24) is 10.2 Å². The Morgan fingerprint density at radius 1 is 1.10 bits per heavy atom. The van der Waals surface area contributed by atoms with Crippen LogP contribution < -0.4 is 14.4 Å². The predicted octanol–water partition coefficient (Wildman–Crippen LogP) is 4.31. The first-order chi connectivity index (χ1) is 19.4. The number of carbonyl (C=O) groups is 2. The maximum atomic E-state index is 14.0. The molecule has 0 saturated carbocycles. The maximum absolute atomic E-state index is 14.0. The van der Waals surface area contributed by atoms with E-state index in [1.807, 2.05) is 0 Å². The van der Waals surface area contributed by atoms with Crippen molar-refractivity contribution in [2.24, 2.45) is 0 Å². The van der Waals surface area contributed by atoms with E-state index in [-0.39, 0.29) is 28.4 Å². The van der Waals surface area contributed by atoms with E-state index < -0.39 is 39.3 Å². The largest absolute Gasteiger partial charge is 0.497 e. The average molecular weight is 603 g/mol. The van der Waals surface area contributed by atoms with Crippen LogP contribution in [0.5, 0.6) is 5.75 Å². The summed E-state index contributed by atoms with van der Waals surface area (Å²) in [6.07, 6.45) is 0. The minimum atomic E-state index is -4.50. The van der Waals surface area contributed by atoms with Crippen molar-refractivity contribution in [1.29, 1.82) is 0 Å².